The van der Waals surface area contributed by atoms with Crippen LogP contribution in [-0.2, 0) is 0 Å². The molecule has 6 heteroatoms. The third-order valence-corrected chi connectivity index (χ3v) is 2.71. The summed E-state index contributed by atoms with van der Waals surface area (Å²) in [5.74, 6) is 0.716. The van der Waals surface area contributed by atoms with E-state index in [-0.39, 0.29) is 5.69 Å². The topological polar surface area (TPSA) is 76.8 Å². The summed E-state index contributed by atoms with van der Waals surface area (Å²) in [6.07, 6.45) is 1.57. The molecule has 0 bridgehead atoms. The average molecular weight is 285 g/mol. The van der Waals surface area contributed by atoms with Crippen molar-refractivity contribution in [2.24, 2.45) is 5.10 Å². The lowest BCUT2D eigenvalue weighted by Gasteiger charge is -2.06. The minimum atomic E-state index is -0.452. The number of para-hydroxylation sites is 3. The second-order valence-electron chi connectivity index (χ2n) is 4.12. The highest BCUT2D eigenvalue weighted by Crippen LogP contribution is 2.23. The zero-order valence-electron chi connectivity index (χ0n) is 11.5. The molecule has 0 aliphatic carbocycles. The number of nitrogens with one attached hydrogen (secondary N) is 1. The van der Waals surface area contributed by atoms with Gasteiger partial charge in [0, 0.05) is 11.6 Å². The summed E-state index contributed by atoms with van der Waals surface area (Å²) in [6, 6.07) is 13.8. The summed E-state index contributed by atoms with van der Waals surface area (Å²) in [5, 5.41) is 14.9. The number of hydrazone groups is 1. The number of hydrogen-bond acceptors (Lipinski definition) is 5. The SMILES string of the molecule is CCOc1ccccc1/C=N/Nc1ccccc1[N+](=O)[O-]. The number of nitro benzene ring substituents is 1. The molecular formula is C15H15N3O3. The molecule has 0 unspecified atom stereocenters. The molecule has 6 nitrogen and oxygen atoms in total. The summed E-state index contributed by atoms with van der Waals surface area (Å²) < 4.78 is 5.47. The molecule has 1 N–H and O–H groups in total. The molecule has 0 amide bonds. The van der Waals surface area contributed by atoms with Crippen molar-refractivity contribution in [3.63, 3.8) is 0 Å². The van der Waals surface area contributed by atoms with Crippen LogP contribution in [0.1, 0.15) is 12.5 Å². The lowest BCUT2D eigenvalue weighted by atomic mass is 10.2. The van der Waals surface area contributed by atoms with Crippen molar-refractivity contribution < 1.29 is 9.66 Å². The van der Waals surface area contributed by atoms with Gasteiger partial charge in [0.2, 0.25) is 0 Å². The Kier molecular flexibility index (Phi) is 4.87. The van der Waals surface area contributed by atoms with Crippen LogP contribution in [0.5, 0.6) is 5.75 Å². The van der Waals surface area contributed by atoms with Crippen LogP contribution in [0.15, 0.2) is 53.6 Å². The highest BCUT2D eigenvalue weighted by molar-refractivity contribution is 5.84. The van der Waals surface area contributed by atoms with Crippen LogP contribution in [0.25, 0.3) is 0 Å². The summed E-state index contributed by atoms with van der Waals surface area (Å²) in [7, 11) is 0. The van der Waals surface area contributed by atoms with Crippen LogP contribution < -0.4 is 10.2 Å². The minimum Gasteiger partial charge on any atom is -0.493 e. The fraction of sp³-hybridized carbons (Fsp3) is 0.133. The minimum absolute atomic E-state index is 0.0206. The van der Waals surface area contributed by atoms with Crippen LogP contribution in [0.3, 0.4) is 0 Å². The first-order valence-electron chi connectivity index (χ1n) is 6.46. The number of nitrogens with zero attached hydrogens (tertiary/aromatic N) is 2. The molecule has 2 aromatic carbocycles. The number of rotatable bonds is 6. The van der Waals surface area contributed by atoms with Crippen molar-refractivity contribution in [2.45, 2.75) is 6.92 Å². The van der Waals surface area contributed by atoms with E-state index in [2.05, 4.69) is 10.5 Å². The summed E-state index contributed by atoms with van der Waals surface area (Å²) in [5.41, 5.74) is 3.80. The third-order valence-electron chi connectivity index (χ3n) is 2.71. The van der Waals surface area contributed by atoms with E-state index < -0.39 is 4.92 Å². The Morgan fingerprint density at radius 2 is 1.95 bits per heavy atom. The highest BCUT2D eigenvalue weighted by Gasteiger charge is 2.11. The molecule has 0 atom stereocenters. The molecule has 0 spiro atoms. The van der Waals surface area contributed by atoms with E-state index in [1.165, 1.54) is 6.07 Å². The van der Waals surface area contributed by atoms with Crippen molar-refractivity contribution in [3.8, 4) is 5.75 Å². The molecule has 21 heavy (non-hydrogen) atoms. The van der Waals surface area contributed by atoms with E-state index in [1.807, 2.05) is 31.2 Å². The number of ether oxygens (including phenoxy) is 1. The van der Waals surface area contributed by atoms with Gasteiger partial charge in [-0.05, 0) is 25.1 Å². The second-order valence-corrected chi connectivity index (χ2v) is 4.12. The van der Waals surface area contributed by atoms with Gasteiger partial charge in [0.1, 0.15) is 11.4 Å². The highest BCUT2D eigenvalue weighted by atomic mass is 16.6. The standard InChI is InChI=1S/C15H15N3O3/c1-2-21-15-10-6-3-7-12(15)11-16-17-13-8-4-5-9-14(13)18(19)20/h3-11,17H,2H2,1H3/b16-11+. The van der Waals surface area contributed by atoms with Gasteiger partial charge in [-0.1, -0.05) is 24.3 Å². The monoisotopic (exact) mass is 285 g/mol. The smallest absolute Gasteiger partial charge is 0.294 e. The molecule has 0 saturated carbocycles. The normalized spacial score (nSPS) is 10.5. The van der Waals surface area contributed by atoms with Gasteiger partial charge in [-0.3, -0.25) is 15.5 Å². The van der Waals surface area contributed by atoms with Gasteiger partial charge in [-0.25, -0.2) is 0 Å². The van der Waals surface area contributed by atoms with Crippen LogP contribution in [0.4, 0.5) is 11.4 Å². The van der Waals surface area contributed by atoms with Crippen LogP contribution in [0, 0.1) is 10.1 Å². The molecule has 0 aliphatic rings. The quantitative estimate of drug-likeness (QED) is 0.501. The zero-order chi connectivity index (χ0) is 15.1. The lowest BCUT2D eigenvalue weighted by Crippen LogP contribution is -1.98. The fourth-order valence-electron chi connectivity index (χ4n) is 1.77. The number of anilines is 1. The van der Waals surface area contributed by atoms with E-state index in [4.69, 9.17) is 4.74 Å². The predicted molar refractivity (Wildman–Crippen MR) is 81.9 cm³/mol. The van der Waals surface area contributed by atoms with E-state index >= 15 is 0 Å². The molecule has 108 valence electrons. The summed E-state index contributed by atoms with van der Waals surface area (Å²) in [4.78, 5) is 10.4. The van der Waals surface area contributed by atoms with Gasteiger partial charge in [0.15, 0.2) is 0 Å². The van der Waals surface area contributed by atoms with E-state index in [9.17, 15) is 10.1 Å². The van der Waals surface area contributed by atoms with Gasteiger partial charge >= 0.3 is 0 Å². The molecule has 0 aliphatic heterocycles. The Labute approximate surface area is 122 Å². The number of nitro groups is 1. The molecule has 0 heterocycles. The van der Waals surface area contributed by atoms with Crippen LogP contribution in [0.2, 0.25) is 0 Å². The van der Waals surface area contributed by atoms with Crippen molar-refractivity contribution in [3.05, 3.63) is 64.2 Å². The van der Waals surface area contributed by atoms with Crippen molar-refractivity contribution in [1.82, 2.24) is 0 Å². The number of benzene rings is 2. The Bertz CT molecular complexity index is 656. The fourth-order valence-corrected chi connectivity index (χ4v) is 1.77. The second kappa shape index (κ2) is 7.04. The molecular weight excluding hydrogens is 270 g/mol. The third kappa shape index (κ3) is 3.79. The Morgan fingerprint density at radius 3 is 2.71 bits per heavy atom. The van der Waals surface area contributed by atoms with Gasteiger partial charge in [-0.15, -0.1) is 0 Å². The van der Waals surface area contributed by atoms with Crippen LogP contribution in [-0.4, -0.2) is 17.7 Å². The molecule has 0 aromatic heterocycles. The molecule has 0 radical (unpaired) electrons. The van der Waals surface area contributed by atoms with Crippen molar-refractivity contribution >= 4 is 17.6 Å². The molecule has 0 fully saturated rings. The Hall–Kier alpha value is -2.89. The average Bonchev–Trinajstić information content (AvgIpc) is 2.49. The van der Waals surface area contributed by atoms with E-state index in [0.29, 0.717) is 18.0 Å². The van der Waals surface area contributed by atoms with Gasteiger partial charge < -0.3 is 4.74 Å². The van der Waals surface area contributed by atoms with Crippen molar-refractivity contribution in [1.29, 1.82) is 0 Å². The summed E-state index contributed by atoms with van der Waals surface area (Å²) >= 11 is 0. The maximum absolute atomic E-state index is 10.9. The first kappa shape index (κ1) is 14.5. The summed E-state index contributed by atoms with van der Waals surface area (Å²) in [6.45, 7) is 2.46. The maximum atomic E-state index is 10.9. The first-order valence-corrected chi connectivity index (χ1v) is 6.46. The Balaban J connectivity index is 2.15. The van der Waals surface area contributed by atoms with E-state index in [1.54, 1.807) is 24.4 Å². The van der Waals surface area contributed by atoms with Crippen molar-refractivity contribution in [2.75, 3.05) is 12.0 Å². The largest absolute Gasteiger partial charge is 0.493 e. The van der Waals surface area contributed by atoms with Gasteiger partial charge in [-0.2, -0.15) is 5.10 Å². The Morgan fingerprint density at radius 1 is 1.24 bits per heavy atom. The van der Waals surface area contributed by atoms with Gasteiger partial charge in [0.25, 0.3) is 5.69 Å². The lowest BCUT2D eigenvalue weighted by molar-refractivity contribution is -0.384. The molecule has 2 rings (SSSR count). The number of hydrogen-bond donors (Lipinski definition) is 1. The van der Waals surface area contributed by atoms with Crippen LogP contribution >= 0.6 is 0 Å². The molecule has 0 saturated heterocycles. The first-order chi connectivity index (χ1) is 10.2. The predicted octanol–water partition coefficient (Wildman–Crippen LogP) is 3.44. The van der Waals surface area contributed by atoms with E-state index in [0.717, 1.165) is 5.56 Å². The maximum Gasteiger partial charge on any atom is 0.294 e. The van der Waals surface area contributed by atoms with Gasteiger partial charge in [0.05, 0.1) is 17.7 Å². The zero-order valence-corrected chi connectivity index (χ0v) is 11.5. The molecule has 2 aromatic rings.